The van der Waals surface area contributed by atoms with E-state index in [2.05, 4.69) is 25.1 Å². The maximum absolute atomic E-state index is 5.39. The fraction of sp³-hybridized carbons (Fsp3) is 0.455. The molecular formula is C11H14OS2. The summed E-state index contributed by atoms with van der Waals surface area (Å²) < 4.78 is 5.96. The van der Waals surface area contributed by atoms with Crippen LogP contribution in [0.2, 0.25) is 0 Å². The Labute approximate surface area is 93.6 Å². The van der Waals surface area contributed by atoms with Crippen LogP contribution in [-0.4, -0.2) is 18.6 Å². The zero-order valence-corrected chi connectivity index (χ0v) is 10.1. The molecule has 1 aromatic carbocycles. The van der Waals surface area contributed by atoms with Crippen molar-refractivity contribution in [1.29, 1.82) is 0 Å². The summed E-state index contributed by atoms with van der Waals surface area (Å²) in [6.07, 6.45) is 0. The van der Waals surface area contributed by atoms with E-state index in [0.717, 1.165) is 5.75 Å². The molecule has 0 saturated carbocycles. The number of benzene rings is 1. The van der Waals surface area contributed by atoms with Gasteiger partial charge in [0, 0.05) is 17.1 Å². The fourth-order valence-corrected chi connectivity index (χ4v) is 4.46. The topological polar surface area (TPSA) is 9.23 Å². The molecule has 76 valence electrons. The smallest absolute Gasteiger partial charge is 0.124 e. The van der Waals surface area contributed by atoms with Crippen molar-refractivity contribution < 1.29 is 4.74 Å². The number of hydrogen-bond acceptors (Lipinski definition) is 3. The summed E-state index contributed by atoms with van der Waals surface area (Å²) in [6, 6.07) is 6.42. The van der Waals surface area contributed by atoms with Gasteiger partial charge in [0.1, 0.15) is 5.75 Å². The largest absolute Gasteiger partial charge is 0.496 e. The normalized spacial score (nSPS) is 17.3. The Hall–Kier alpha value is -0.280. The molecule has 14 heavy (non-hydrogen) atoms. The van der Waals surface area contributed by atoms with Crippen molar-refractivity contribution in [3.8, 4) is 5.75 Å². The first-order valence-corrected chi connectivity index (χ1v) is 6.79. The van der Waals surface area contributed by atoms with Gasteiger partial charge in [-0.3, -0.25) is 0 Å². The van der Waals surface area contributed by atoms with Crippen LogP contribution in [0.5, 0.6) is 5.75 Å². The van der Waals surface area contributed by atoms with Crippen LogP contribution in [0.4, 0.5) is 0 Å². The molecule has 0 bridgehead atoms. The van der Waals surface area contributed by atoms with Crippen molar-refractivity contribution in [2.24, 2.45) is 0 Å². The van der Waals surface area contributed by atoms with Gasteiger partial charge in [0.05, 0.1) is 11.7 Å². The minimum Gasteiger partial charge on any atom is -0.496 e. The minimum atomic E-state index is 0.574. The molecule has 1 nitrogen and oxygen atoms in total. The lowest BCUT2D eigenvalue weighted by Gasteiger charge is -2.13. The van der Waals surface area contributed by atoms with E-state index in [0.29, 0.717) is 4.58 Å². The van der Waals surface area contributed by atoms with E-state index in [4.69, 9.17) is 4.74 Å². The molecule has 1 fully saturated rings. The van der Waals surface area contributed by atoms with Gasteiger partial charge in [-0.15, -0.1) is 23.5 Å². The van der Waals surface area contributed by atoms with E-state index in [-0.39, 0.29) is 0 Å². The first-order valence-electron chi connectivity index (χ1n) is 4.69. The number of aryl methyl sites for hydroxylation is 1. The molecule has 0 atom stereocenters. The zero-order chi connectivity index (χ0) is 9.97. The van der Waals surface area contributed by atoms with Crippen molar-refractivity contribution >= 4 is 23.5 Å². The number of ether oxygens (including phenoxy) is 1. The average molecular weight is 226 g/mol. The standard InChI is InChI=1S/C11H14OS2/c1-8-3-4-10(12-2)9(7-8)11-13-5-6-14-11/h3-4,7,11H,5-6H2,1-2H3. The van der Waals surface area contributed by atoms with Gasteiger partial charge in [-0.05, 0) is 13.0 Å². The van der Waals surface area contributed by atoms with Gasteiger partial charge in [0.25, 0.3) is 0 Å². The van der Waals surface area contributed by atoms with Crippen molar-refractivity contribution in [2.75, 3.05) is 18.6 Å². The van der Waals surface area contributed by atoms with Gasteiger partial charge in [-0.25, -0.2) is 0 Å². The van der Waals surface area contributed by atoms with Gasteiger partial charge in [0.2, 0.25) is 0 Å². The molecule has 0 radical (unpaired) electrons. The molecule has 1 heterocycles. The lowest BCUT2D eigenvalue weighted by atomic mass is 10.1. The van der Waals surface area contributed by atoms with Gasteiger partial charge in [0.15, 0.2) is 0 Å². The minimum absolute atomic E-state index is 0.574. The molecule has 0 aliphatic carbocycles. The van der Waals surface area contributed by atoms with Crippen molar-refractivity contribution in [3.05, 3.63) is 29.3 Å². The number of methoxy groups -OCH3 is 1. The fourth-order valence-electron chi connectivity index (χ4n) is 1.58. The van der Waals surface area contributed by atoms with Crippen LogP contribution in [0.25, 0.3) is 0 Å². The van der Waals surface area contributed by atoms with Crippen molar-refractivity contribution in [3.63, 3.8) is 0 Å². The summed E-state index contributed by atoms with van der Waals surface area (Å²) in [7, 11) is 1.75. The molecule has 1 aliphatic rings. The summed E-state index contributed by atoms with van der Waals surface area (Å²) in [5.74, 6) is 3.54. The van der Waals surface area contributed by atoms with Gasteiger partial charge >= 0.3 is 0 Å². The van der Waals surface area contributed by atoms with Crippen LogP contribution >= 0.6 is 23.5 Å². The quantitative estimate of drug-likeness (QED) is 0.764. The molecule has 0 spiro atoms. The molecule has 2 rings (SSSR count). The highest BCUT2D eigenvalue weighted by Crippen LogP contribution is 2.48. The van der Waals surface area contributed by atoms with Gasteiger partial charge in [-0.1, -0.05) is 17.7 Å². The summed E-state index contributed by atoms with van der Waals surface area (Å²) >= 11 is 4.03. The Bertz CT molecular complexity index is 319. The third kappa shape index (κ3) is 2.04. The average Bonchev–Trinajstić information content (AvgIpc) is 2.70. The van der Waals surface area contributed by atoms with E-state index < -0.39 is 0 Å². The van der Waals surface area contributed by atoms with Crippen LogP contribution in [0, 0.1) is 6.92 Å². The van der Waals surface area contributed by atoms with Gasteiger partial charge < -0.3 is 4.74 Å². The molecular weight excluding hydrogens is 212 g/mol. The molecule has 0 N–H and O–H groups in total. The molecule has 1 aromatic rings. The van der Waals surface area contributed by atoms with Crippen LogP contribution in [0.15, 0.2) is 18.2 Å². The van der Waals surface area contributed by atoms with Crippen LogP contribution in [-0.2, 0) is 0 Å². The second-order valence-electron chi connectivity index (χ2n) is 3.32. The number of hydrogen-bond donors (Lipinski definition) is 0. The highest BCUT2D eigenvalue weighted by molar-refractivity contribution is 8.19. The predicted molar refractivity (Wildman–Crippen MR) is 65.4 cm³/mol. The molecule has 1 saturated heterocycles. The zero-order valence-electron chi connectivity index (χ0n) is 8.45. The third-order valence-corrected chi connectivity index (χ3v) is 5.33. The Morgan fingerprint density at radius 3 is 2.64 bits per heavy atom. The van der Waals surface area contributed by atoms with Gasteiger partial charge in [-0.2, -0.15) is 0 Å². The van der Waals surface area contributed by atoms with Crippen LogP contribution in [0.3, 0.4) is 0 Å². The summed E-state index contributed by atoms with van der Waals surface area (Å²) in [6.45, 7) is 2.13. The Morgan fingerprint density at radius 1 is 1.29 bits per heavy atom. The lowest BCUT2D eigenvalue weighted by molar-refractivity contribution is 0.411. The monoisotopic (exact) mass is 226 g/mol. The highest BCUT2D eigenvalue weighted by atomic mass is 32.2. The lowest BCUT2D eigenvalue weighted by Crippen LogP contribution is -1.93. The third-order valence-electron chi connectivity index (χ3n) is 2.26. The first kappa shape index (κ1) is 10.2. The second-order valence-corrected chi connectivity index (χ2v) is 6.04. The molecule has 0 unspecified atom stereocenters. The number of rotatable bonds is 2. The van der Waals surface area contributed by atoms with E-state index in [1.54, 1.807) is 7.11 Å². The Kier molecular flexibility index (Phi) is 3.29. The number of thioether (sulfide) groups is 2. The molecule has 3 heteroatoms. The van der Waals surface area contributed by atoms with Crippen molar-refractivity contribution in [2.45, 2.75) is 11.5 Å². The molecule has 0 aromatic heterocycles. The second kappa shape index (κ2) is 4.49. The maximum Gasteiger partial charge on any atom is 0.124 e. The summed E-state index contributed by atoms with van der Waals surface area (Å²) in [5.41, 5.74) is 2.66. The summed E-state index contributed by atoms with van der Waals surface area (Å²) in [4.78, 5) is 0. The van der Waals surface area contributed by atoms with Crippen LogP contribution < -0.4 is 4.74 Å². The molecule has 0 amide bonds. The van der Waals surface area contributed by atoms with E-state index >= 15 is 0 Å². The maximum atomic E-state index is 5.39. The molecule has 1 aliphatic heterocycles. The summed E-state index contributed by atoms with van der Waals surface area (Å²) in [5, 5.41) is 0. The first-order chi connectivity index (χ1) is 6.81. The SMILES string of the molecule is COc1ccc(C)cc1C1SCCS1. The van der Waals surface area contributed by atoms with Crippen molar-refractivity contribution in [1.82, 2.24) is 0 Å². The Morgan fingerprint density at radius 2 is 2.00 bits per heavy atom. The predicted octanol–water partition coefficient (Wildman–Crippen LogP) is 3.48. The van der Waals surface area contributed by atoms with E-state index in [1.165, 1.54) is 22.6 Å². The van der Waals surface area contributed by atoms with Crippen LogP contribution in [0.1, 0.15) is 15.7 Å². The van der Waals surface area contributed by atoms with E-state index in [1.807, 2.05) is 23.5 Å². The van der Waals surface area contributed by atoms with E-state index in [9.17, 15) is 0 Å². The highest BCUT2D eigenvalue weighted by Gasteiger charge is 2.21. The Balaban J connectivity index is 2.33.